The number of nitrogens with one attached hydrogen (secondary N) is 3. The van der Waals surface area contributed by atoms with Crippen molar-refractivity contribution in [3.63, 3.8) is 0 Å². The van der Waals surface area contributed by atoms with Gasteiger partial charge in [-0.1, -0.05) is 20.8 Å². The number of halogens is 1. The predicted octanol–water partition coefficient (Wildman–Crippen LogP) is 3.28. The summed E-state index contributed by atoms with van der Waals surface area (Å²) in [4.78, 5) is 40.3. The molecule has 1 aliphatic rings. The third kappa shape index (κ3) is 7.15. The van der Waals surface area contributed by atoms with Gasteiger partial charge in [0.15, 0.2) is 5.78 Å². The lowest BCUT2D eigenvalue weighted by Gasteiger charge is -2.24. The van der Waals surface area contributed by atoms with Crippen molar-refractivity contribution in [3.8, 4) is 5.75 Å². The number of aromatic hydroxyl groups is 1. The summed E-state index contributed by atoms with van der Waals surface area (Å²) in [6.07, 6.45) is -0.0552. The fourth-order valence-corrected chi connectivity index (χ4v) is 4.50. The van der Waals surface area contributed by atoms with E-state index in [0.717, 1.165) is 11.3 Å². The molecule has 11 heteroatoms. The monoisotopic (exact) mass is 603 g/mol. The summed E-state index contributed by atoms with van der Waals surface area (Å²) in [5, 5.41) is 34.1. The van der Waals surface area contributed by atoms with E-state index in [-0.39, 0.29) is 66.3 Å². The molecule has 1 amide bonds. The van der Waals surface area contributed by atoms with E-state index in [0.29, 0.717) is 34.4 Å². The molecule has 0 saturated heterocycles. The largest absolute Gasteiger partial charge is 0.507 e. The first-order valence-electron chi connectivity index (χ1n) is 12.5. The van der Waals surface area contributed by atoms with Gasteiger partial charge in [0, 0.05) is 68.7 Å². The number of amides is 1. The van der Waals surface area contributed by atoms with Crippen molar-refractivity contribution < 1.29 is 24.6 Å². The Labute approximate surface area is 239 Å². The summed E-state index contributed by atoms with van der Waals surface area (Å²) >= 11 is 0. The van der Waals surface area contributed by atoms with Crippen LogP contribution in [0.2, 0.25) is 0 Å². The first-order chi connectivity index (χ1) is 17.7. The maximum Gasteiger partial charge on any atom is 0.304 e. The number of carbonyl (C=O) groups is 3. The van der Waals surface area contributed by atoms with E-state index in [1.54, 1.807) is 30.1 Å². The van der Waals surface area contributed by atoms with Crippen molar-refractivity contribution in [1.29, 1.82) is 5.41 Å². The van der Waals surface area contributed by atoms with Gasteiger partial charge in [-0.3, -0.25) is 19.8 Å². The van der Waals surface area contributed by atoms with Crippen molar-refractivity contribution in [2.24, 2.45) is 0 Å². The van der Waals surface area contributed by atoms with E-state index >= 15 is 0 Å². The van der Waals surface area contributed by atoms with Crippen LogP contribution in [0.1, 0.15) is 70.2 Å². The maximum absolute atomic E-state index is 13.5. The third-order valence-electron chi connectivity index (χ3n) is 6.59. The molecule has 5 N–H and O–H groups in total. The molecule has 1 heterocycles. The maximum atomic E-state index is 13.5. The van der Waals surface area contributed by atoms with Crippen LogP contribution in [0.5, 0.6) is 5.75 Å². The van der Waals surface area contributed by atoms with Crippen LogP contribution >= 0.6 is 17.0 Å². The number of carboxylic acid groups (broad SMARTS) is 1. The van der Waals surface area contributed by atoms with Crippen LogP contribution in [0.3, 0.4) is 0 Å². The summed E-state index contributed by atoms with van der Waals surface area (Å²) in [6, 6.07) is 6.91. The molecular formula is C28H38BrN5O5. The Hall–Kier alpha value is -3.44. The number of rotatable bonds is 10. The Bertz CT molecular complexity index is 1290. The van der Waals surface area contributed by atoms with Crippen LogP contribution in [-0.4, -0.2) is 72.8 Å². The number of aliphatic carboxylic acids is 1. The van der Waals surface area contributed by atoms with Gasteiger partial charge in [0.25, 0.3) is 5.91 Å². The first kappa shape index (κ1) is 31.8. The normalized spacial score (nSPS) is 12.6. The van der Waals surface area contributed by atoms with Crippen LogP contribution in [0.25, 0.3) is 0 Å². The third-order valence-corrected chi connectivity index (χ3v) is 6.59. The summed E-state index contributed by atoms with van der Waals surface area (Å²) in [5.74, 6) is -1.12. The number of nitrogens with zero attached hydrogens (tertiary/aromatic N) is 2. The van der Waals surface area contributed by atoms with Gasteiger partial charge in [0.2, 0.25) is 0 Å². The van der Waals surface area contributed by atoms with Crippen LogP contribution < -0.4 is 15.5 Å². The van der Waals surface area contributed by atoms with Crippen molar-refractivity contribution in [1.82, 2.24) is 15.5 Å². The number of benzene rings is 2. The molecule has 0 spiro atoms. The molecule has 1 aliphatic heterocycles. The zero-order chi connectivity index (χ0) is 28.4. The summed E-state index contributed by atoms with van der Waals surface area (Å²) in [6.45, 7) is 6.59. The number of anilines is 1. The molecule has 0 fully saturated rings. The molecule has 2 aromatic rings. The molecule has 0 unspecified atom stereocenters. The molecule has 0 aliphatic carbocycles. The van der Waals surface area contributed by atoms with E-state index in [1.165, 1.54) is 0 Å². The van der Waals surface area contributed by atoms with Crippen molar-refractivity contribution in [2.75, 3.05) is 39.1 Å². The number of phenolic OH excluding ortho intramolecular Hbond substituents is 1. The van der Waals surface area contributed by atoms with E-state index in [9.17, 15) is 19.5 Å². The molecule has 2 aromatic carbocycles. The summed E-state index contributed by atoms with van der Waals surface area (Å²) < 4.78 is 0. The van der Waals surface area contributed by atoms with Crippen molar-refractivity contribution in [2.45, 2.75) is 45.7 Å². The lowest BCUT2D eigenvalue weighted by atomic mass is 9.83. The second-order valence-corrected chi connectivity index (χ2v) is 10.7. The number of ketones is 1. The zero-order valence-electron chi connectivity index (χ0n) is 23.3. The molecule has 3 rings (SSSR count). The predicted molar refractivity (Wildman–Crippen MR) is 157 cm³/mol. The molecule has 0 bridgehead atoms. The second kappa shape index (κ2) is 12.6. The lowest BCUT2D eigenvalue weighted by Crippen LogP contribution is -2.30. The van der Waals surface area contributed by atoms with Gasteiger partial charge in [-0.2, -0.15) is 0 Å². The number of hydrogen-bond donors (Lipinski definition) is 5. The summed E-state index contributed by atoms with van der Waals surface area (Å²) in [7, 11) is 5.26. The van der Waals surface area contributed by atoms with Gasteiger partial charge in [0.05, 0.1) is 18.5 Å². The number of carbonyl (C=O) groups excluding carboxylic acids is 2. The molecule has 0 saturated carbocycles. The Morgan fingerprint density at radius 1 is 1.13 bits per heavy atom. The summed E-state index contributed by atoms with van der Waals surface area (Å²) in [5.41, 5.74) is 3.77. The van der Waals surface area contributed by atoms with Gasteiger partial charge in [-0.15, -0.1) is 17.0 Å². The first-order valence-corrected chi connectivity index (χ1v) is 12.5. The Kier molecular flexibility index (Phi) is 10.3. The number of amidine groups is 1. The van der Waals surface area contributed by atoms with Gasteiger partial charge in [0.1, 0.15) is 11.6 Å². The Morgan fingerprint density at radius 3 is 2.36 bits per heavy atom. The van der Waals surface area contributed by atoms with Crippen LogP contribution in [0.4, 0.5) is 5.69 Å². The minimum absolute atomic E-state index is 0. The smallest absolute Gasteiger partial charge is 0.304 e. The Morgan fingerprint density at radius 2 is 1.79 bits per heavy atom. The fraction of sp³-hybridized carbons (Fsp3) is 0.429. The zero-order valence-corrected chi connectivity index (χ0v) is 25.0. The molecular weight excluding hydrogens is 566 g/mol. The lowest BCUT2D eigenvalue weighted by molar-refractivity contribution is -0.136. The minimum Gasteiger partial charge on any atom is -0.507 e. The number of hydrogen-bond acceptors (Lipinski definition) is 7. The highest BCUT2D eigenvalue weighted by Crippen LogP contribution is 2.35. The fourth-order valence-electron chi connectivity index (χ4n) is 4.50. The highest BCUT2D eigenvalue weighted by atomic mass is 79.9. The molecule has 10 nitrogen and oxygen atoms in total. The van der Waals surface area contributed by atoms with E-state index < -0.39 is 11.4 Å². The van der Waals surface area contributed by atoms with E-state index in [2.05, 4.69) is 10.6 Å². The number of phenols is 1. The highest BCUT2D eigenvalue weighted by molar-refractivity contribution is 8.93. The van der Waals surface area contributed by atoms with Gasteiger partial charge in [-0.05, 0) is 35.2 Å². The quantitative estimate of drug-likeness (QED) is 0.205. The Balaban J connectivity index is 0.00000533. The van der Waals surface area contributed by atoms with Crippen LogP contribution in [-0.2, 0) is 23.3 Å². The average Bonchev–Trinajstić information content (AvgIpc) is 3.14. The van der Waals surface area contributed by atoms with Gasteiger partial charge < -0.3 is 30.6 Å². The topological polar surface area (TPSA) is 146 Å². The van der Waals surface area contributed by atoms with E-state index in [4.69, 9.17) is 10.5 Å². The molecule has 39 heavy (non-hydrogen) atoms. The molecule has 0 radical (unpaired) electrons. The van der Waals surface area contributed by atoms with Gasteiger partial charge >= 0.3 is 5.97 Å². The van der Waals surface area contributed by atoms with Crippen molar-refractivity contribution >= 4 is 46.2 Å². The molecule has 0 aromatic heterocycles. The standard InChI is InChI=1S/C28H37N5O5.BrH/c1-28(2,3)21-10-16(9-17(25(21)37)13-31-8-7-24(35)36)23(34)15-33-14-18-11-22(32(5)6)20(27(38)30-4)12-19(18)26(33)29;/h9-12,29,31,37H,7-8,13-15H2,1-6H3,(H,30,38)(H,35,36);1H. The number of fused-ring (bicyclic) bond motifs is 1. The molecule has 212 valence electrons. The van der Waals surface area contributed by atoms with Crippen LogP contribution in [0.15, 0.2) is 24.3 Å². The molecule has 0 atom stereocenters. The number of Topliss-reactive ketones (excluding diaryl/α,β-unsaturated/α-hetero) is 1. The van der Waals surface area contributed by atoms with Gasteiger partial charge in [-0.25, -0.2) is 0 Å². The SMILES string of the molecule is Br.CNC(=O)c1cc2c(cc1N(C)C)CN(CC(=O)c1cc(CNCCC(=O)O)c(O)c(C(C)(C)C)c1)C2=N. The van der Waals surface area contributed by atoms with Crippen LogP contribution in [0, 0.1) is 5.41 Å². The average molecular weight is 605 g/mol. The highest BCUT2D eigenvalue weighted by Gasteiger charge is 2.30. The number of carboxylic acids is 1. The second-order valence-electron chi connectivity index (χ2n) is 10.7. The van der Waals surface area contributed by atoms with Crippen molar-refractivity contribution in [3.05, 3.63) is 57.6 Å². The van der Waals surface area contributed by atoms with E-state index in [1.807, 2.05) is 45.8 Å². The minimum atomic E-state index is -0.921.